The molecule has 7 heteroatoms. The maximum absolute atomic E-state index is 14.5. The smallest absolute Gasteiger partial charge is 0.145 e. The summed E-state index contributed by atoms with van der Waals surface area (Å²) in [4.78, 5) is 3.10. The fourth-order valence-corrected chi connectivity index (χ4v) is 3.90. The molecule has 1 atom stereocenters. The lowest BCUT2D eigenvalue weighted by Crippen LogP contribution is -2.45. The molecule has 1 aliphatic rings. The van der Waals surface area contributed by atoms with Crippen LogP contribution in [0.25, 0.3) is 0 Å². The summed E-state index contributed by atoms with van der Waals surface area (Å²) in [6.07, 6.45) is 0. The van der Waals surface area contributed by atoms with E-state index in [1.165, 1.54) is 23.5 Å². The van der Waals surface area contributed by atoms with E-state index in [0.29, 0.717) is 4.47 Å². The van der Waals surface area contributed by atoms with Gasteiger partial charge in [0.2, 0.25) is 0 Å². The van der Waals surface area contributed by atoms with Crippen LogP contribution in [0.3, 0.4) is 0 Å². The molecule has 1 aromatic heterocycles. The molecule has 3 rings (SSSR count). The lowest BCUT2D eigenvalue weighted by molar-refractivity contribution is 0.194. The van der Waals surface area contributed by atoms with E-state index in [0.717, 1.165) is 31.1 Å². The summed E-state index contributed by atoms with van der Waals surface area (Å²) in [7, 11) is 0. The van der Waals surface area contributed by atoms with Gasteiger partial charge in [0.1, 0.15) is 11.6 Å². The van der Waals surface area contributed by atoms with Gasteiger partial charge in [-0.05, 0) is 39.5 Å². The Hall–Kier alpha value is -0.530. The van der Waals surface area contributed by atoms with Gasteiger partial charge in [-0.1, -0.05) is 6.07 Å². The van der Waals surface area contributed by atoms with Crippen LogP contribution in [-0.2, 0) is 0 Å². The molecule has 2 aromatic rings. The van der Waals surface area contributed by atoms with Crippen LogP contribution in [0.1, 0.15) is 16.5 Å². The van der Waals surface area contributed by atoms with E-state index in [2.05, 4.69) is 26.1 Å². The van der Waals surface area contributed by atoms with Crippen molar-refractivity contribution in [3.8, 4) is 0 Å². The molecule has 0 bridgehead atoms. The zero-order valence-electron chi connectivity index (χ0n) is 11.7. The number of nitrogens with zero attached hydrogens (tertiary/aromatic N) is 1. The predicted molar refractivity (Wildman–Crippen MR) is 91.9 cm³/mol. The highest BCUT2D eigenvalue weighted by atomic mass is 79.9. The molecular weight excluding hydrogens is 394 g/mol. The Bertz CT molecular complexity index is 618. The molecule has 0 unspecified atom stereocenters. The molecule has 120 valence electrons. The van der Waals surface area contributed by atoms with Gasteiger partial charge >= 0.3 is 0 Å². The molecule has 22 heavy (non-hydrogen) atoms. The van der Waals surface area contributed by atoms with Crippen LogP contribution in [-0.4, -0.2) is 31.1 Å². The number of hydrogen-bond donors (Lipinski definition) is 1. The molecule has 0 radical (unpaired) electrons. The normalized spacial score (nSPS) is 17.0. The fraction of sp³-hybridized carbons (Fsp3) is 0.333. The first-order chi connectivity index (χ1) is 10.2. The molecule has 0 saturated carbocycles. The van der Waals surface area contributed by atoms with Crippen LogP contribution in [0.2, 0.25) is 0 Å². The summed E-state index contributed by atoms with van der Waals surface area (Å²) >= 11 is 4.70. The summed E-state index contributed by atoms with van der Waals surface area (Å²) in [6.45, 7) is 3.21. The quantitative estimate of drug-likeness (QED) is 0.764. The van der Waals surface area contributed by atoms with Crippen LogP contribution in [0.5, 0.6) is 0 Å². The van der Waals surface area contributed by atoms with Crippen LogP contribution in [0.15, 0.2) is 34.1 Å². The molecule has 2 heterocycles. The molecule has 0 spiro atoms. The summed E-state index contributed by atoms with van der Waals surface area (Å²) in [5.74, 6) is -1.00. The van der Waals surface area contributed by atoms with Crippen molar-refractivity contribution in [1.29, 1.82) is 0 Å². The van der Waals surface area contributed by atoms with Crippen molar-refractivity contribution in [3.63, 3.8) is 0 Å². The molecule has 0 amide bonds. The van der Waals surface area contributed by atoms with Gasteiger partial charge in [-0.25, -0.2) is 8.78 Å². The number of nitrogens with one attached hydrogen (secondary N) is 1. The molecule has 1 aliphatic heterocycles. The molecule has 1 N–H and O–H groups in total. The van der Waals surface area contributed by atoms with Crippen molar-refractivity contribution in [2.45, 2.75) is 6.04 Å². The van der Waals surface area contributed by atoms with Crippen LogP contribution in [0, 0.1) is 11.6 Å². The van der Waals surface area contributed by atoms with Crippen LogP contribution < -0.4 is 5.32 Å². The number of piperazine rings is 1. The first-order valence-electron chi connectivity index (χ1n) is 6.80. The zero-order chi connectivity index (χ0) is 14.8. The Morgan fingerprint density at radius 3 is 2.55 bits per heavy atom. The van der Waals surface area contributed by atoms with E-state index in [9.17, 15) is 8.78 Å². The number of rotatable bonds is 3. The summed E-state index contributed by atoms with van der Waals surface area (Å²) in [6, 6.07) is 6.23. The monoisotopic (exact) mass is 408 g/mol. The lowest BCUT2D eigenvalue weighted by atomic mass is 10.0. The molecule has 1 aromatic carbocycles. The molecular formula is C15H16BrClF2N2S. The summed E-state index contributed by atoms with van der Waals surface area (Å²) in [5, 5.41) is 5.21. The summed E-state index contributed by atoms with van der Waals surface area (Å²) in [5.41, 5.74) is 0.133. The largest absolute Gasteiger partial charge is 0.314 e. The Morgan fingerprint density at radius 1 is 1.18 bits per heavy atom. The van der Waals surface area contributed by atoms with Crippen molar-refractivity contribution >= 4 is 39.7 Å². The standard InChI is InChI=1S/C15H15BrF2N2S.ClH/c16-10-3-4-11(17)13(14(10)18)15(12-2-1-9-21-12)20-7-5-19-6-8-20;/h1-4,9,15,19H,5-8H2;1H/t15-;/m1./s1. The van der Waals surface area contributed by atoms with Gasteiger partial charge in [0.15, 0.2) is 0 Å². The fourth-order valence-electron chi connectivity index (χ4n) is 2.69. The Morgan fingerprint density at radius 2 is 1.91 bits per heavy atom. The van der Waals surface area contributed by atoms with Crippen molar-refractivity contribution in [2.75, 3.05) is 26.2 Å². The van der Waals surface area contributed by atoms with Crippen LogP contribution in [0.4, 0.5) is 8.78 Å². The molecule has 0 aliphatic carbocycles. The predicted octanol–water partition coefficient (Wildman–Crippen LogP) is 4.21. The van der Waals surface area contributed by atoms with E-state index >= 15 is 0 Å². The Balaban J connectivity index is 0.00000176. The van der Waals surface area contributed by atoms with E-state index < -0.39 is 11.6 Å². The average molecular weight is 410 g/mol. The van der Waals surface area contributed by atoms with Gasteiger partial charge in [-0.15, -0.1) is 23.7 Å². The second kappa shape index (κ2) is 7.84. The maximum atomic E-state index is 14.5. The first kappa shape index (κ1) is 17.8. The van der Waals surface area contributed by atoms with Gasteiger partial charge in [0, 0.05) is 36.6 Å². The second-order valence-corrected chi connectivity index (χ2v) is 6.79. The number of thiophene rings is 1. The second-order valence-electron chi connectivity index (χ2n) is 4.96. The minimum atomic E-state index is -0.507. The van der Waals surface area contributed by atoms with Gasteiger partial charge in [-0.2, -0.15) is 0 Å². The Labute approximate surface area is 147 Å². The van der Waals surface area contributed by atoms with E-state index in [-0.39, 0.29) is 24.0 Å². The molecule has 1 fully saturated rings. The van der Waals surface area contributed by atoms with Crippen molar-refractivity contribution in [3.05, 3.63) is 56.2 Å². The van der Waals surface area contributed by atoms with E-state index in [1.54, 1.807) is 0 Å². The van der Waals surface area contributed by atoms with E-state index in [4.69, 9.17) is 0 Å². The van der Waals surface area contributed by atoms with Crippen molar-refractivity contribution in [2.24, 2.45) is 0 Å². The third-order valence-corrected chi connectivity index (χ3v) is 5.22. The third-order valence-electron chi connectivity index (χ3n) is 3.68. The minimum Gasteiger partial charge on any atom is -0.314 e. The molecule has 2 nitrogen and oxygen atoms in total. The number of hydrogen-bond acceptors (Lipinski definition) is 3. The highest BCUT2D eigenvalue weighted by Crippen LogP contribution is 2.36. The number of benzene rings is 1. The van der Waals surface area contributed by atoms with Crippen molar-refractivity contribution in [1.82, 2.24) is 10.2 Å². The van der Waals surface area contributed by atoms with Gasteiger partial charge in [0.05, 0.1) is 10.5 Å². The SMILES string of the molecule is Cl.Fc1ccc(Br)c(F)c1[C@@H](c1cccs1)N1CCNCC1. The molecule has 1 saturated heterocycles. The van der Waals surface area contributed by atoms with Gasteiger partial charge < -0.3 is 5.32 Å². The topological polar surface area (TPSA) is 15.3 Å². The van der Waals surface area contributed by atoms with Gasteiger partial charge in [0.25, 0.3) is 0 Å². The lowest BCUT2D eigenvalue weighted by Gasteiger charge is -2.35. The summed E-state index contributed by atoms with van der Waals surface area (Å²) < 4.78 is 29.2. The highest BCUT2D eigenvalue weighted by Gasteiger charge is 2.30. The highest BCUT2D eigenvalue weighted by molar-refractivity contribution is 9.10. The maximum Gasteiger partial charge on any atom is 0.145 e. The van der Waals surface area contributed by atoms with Crippen molar-refractivity contribution < 1.29 is 8.78 Å². The minimum absolute atomic E-state index is 0. The van der Waals surface area contributed by atoms with E-state index in [1.807, 2.05) is 17.5 Å². The zero-order valence-corrected chi connectivity index (χ0v) is 14.9. The Kier molecular flexibility index (Phi) is 6.35. The number of halogens is 4. The van der Waals surface area contributed by atoms with Crippen LogP contribution >= 0.6 is 39.7 Å². The van der Waals surface area contributed by atoms with Gasteiger partial charge in [-0.3, -0.25) is 4.90 Å². The third kappa shape index (κ3) is 3.51. The first-order valence-corrected chi connectivity index (χ1v) is 8.47. The average Bonchev–Trinajstić information content (AvgIpc) is 3.02.